The fourth-order valence-corrected chi connectivity index (χ4v) is 1.46. The number of carbonyl (C=O) groups excluding carboxylic acids is 2. The Labute approximate surface area is 104 Å². The van der Waals surface area contributed by atoms with Crippen LogP contribution < -0.4 is 16.0 Å². The van der Waals surface area contributed by atoms with E-state index in [1.54, 1.807) is 0 Å². The van der Waals surface area contributed by atoms with Gasteiger partial charge in [-0.2, -0.15) is 0 Å². The normalized spacial score (nSPS) is 12.3. The molecular weight excluding hydrogens is 218 g/mol. The van der Waals surface area contributed by atoms with E-state index in [-0.39, 0.29) is 30.3 Å². The van der Waals surface area contributed by atoms with Crippen molar-refractivity contribution in [1.82, 2.24) is 16.0 Å². The predicted molar refractivity (Wildman–Crippen MR) is 68.6 cm³/mol. The largest absolute Gasteiger partial charge is 0.355 e. The van der Waals surface area contributed by atoms with E-state index in [4.69, 9.17) is 0 Å². The SMILES string of the molecule is CCCNC(=O)CNC(=O)[C@@H](NCC)C(C)C. The molecule has 0 aliphatic rings. The maximum atomic E-state index is 11.8. The standard InChI is InChI=1S/C12H25N3O2/c1-5-7-14-10(16)8-15-12(17)11(9(3)4)13-6-2/h9,11,13H,5-8H2,1-4H3,(H,14,16)(H,15,17)/t11-/m0/s1. The summed E-state index contributed by atoms with van der Waals surface area (Å²) in [5.41, 5.74) is 0. The molecule has 100 valence electrons. The van der Waals surface area contributed by atoms with E-state index in [2.05, 4.69) is 16.0 Å². The molecule has 0 saturated carbocycles. The van der Waals surface area contributed by atoms with Crippen molar-refractivity contribution >= 4 is 11.8 Å². The molecule has 0 aliphatic heterocycles. The summed E-state index contributed by atoms with van der Waals surface area (Å²) >= 11 is 0. The molecule has 2 amide bonds. The summed E-state index contributed by atoms with van der Waals surface area (Å²) < 4.78 is 0. The maximum Gasteiger partial charge on any atom is 0.239 e. The van der Waals surface area contributed by atoms with Gasteiger partial charge in [0.25, 0.3) is 0 Å². The van der Waals surface area contributed by atoms with E-state index in [0.29, 0.717) is 6.54 Å². The lowest BCUT2D eigenvalue weighted by molar-refractivity contribution is -0.128. The highest BCUT2D eigenvalue weighted by atomic mass is 16.2. The van der Waals surface area contributed by atoms with Crippen molar-refractivity contribution in [3.8, 4) is 0 Å². The first-order valence-electron chi connectivity index (χ1n) is 6.30. The average molecular weight is 243 g/mol. The molecule has 0 spiro atoms. The monoisotopic (exact) mass is 243 g/mol. The van der Waals surface area contributed by atoms with Gasteiger partial charge in [0.2, 0.25) is 11.8 Å². The number of amides is 2. The van der Waals surface area contributed by atoms with Gasteiger partial charge in [0, 0.05) is 6.54 Å². The molecule has 5 heteroatoms. The molecule has 5 nitrogen and oxygen atoms in total. The van der Waals surface area contributed by atoms with Crippen molar-refractivity contribution in [2.24, 2.45) is 5.92 Å². The molecule has 17 heavy (non-hydrogen) atoms. The van der Waals surface area contributed by atoms with E-state index in [1.165, 1.54) is 0 Å². The van der Waals surface area contributed by atoms with Crippen molar-refractivity contribution < 1.29 is 9.59 Å². The minimum absolute atomic E-state index is 0.0491. The molecule has 0 radical (unpaired) electrons. The van der Waals surface area contributed by atoms with Crippen LogP contribution >= 0.6 is 0 Å². The van der Waals surface area contributed by atoms with E-state index in [9.17, 15) is 9.59 Å². The minimum atomic E-state index is -0.237. The smallest absolute Gasteiger partial charge is 0.239 e. The highest BCUT2D eigenvalue weighted by molar-refractivity contribution is 5.87. The summed E-state index contributed by atoms with van der Waals surface area (Å²) in [4.78, 5) is 23.1. The van der Waals surface area contributed by atoms with E-state index < -0.39 is 0 Å². The molecule has 0 aromatic rings. The number of nitrogens with one attached hydrogen (secondary N) is 3. The Bertz CT molecular complexity index is 242. The number of carbonyl (C=O) groups is 2. The molecule has 1 atom stereocenters. The van der Waals surface area contributed by atoms with Crippen LogP contribution in [-0.4, -0.2) is 37.5 Å². The predicted octanol–water partition coefficient (Wildman–Crippen LogP) is 0.263. The Balaban J connectivity index is 4.01. The Morgan fingerprint density at radius 3 is 2.24 bits per heavy atom. The van der Waals surface area contributed by atoms with Crippen LogP contribution in [-0.2, 0) is 9.59 Å². The van der Waals surface area contributed by atoms with Gasteiger partial charge in [-0.05, 0) is 18.9 Å². The van der Waals surface area contributed by atoms with E-state index >= 15 is 0 Å². The number of rotatable bonds is 8. The van der Waals surface area contributed by atoms with Crippen LogP contribution in [0.4, 0.5) is 0 Å². The van der Waals surface area contributed by atoms with Crippen LogP contribution in [0.25, 0.3) is 0 Å². The van der Waals surface area contributed by atoms with Crippen LogP contribution in [0.3, 0.4) is 0 Å². The molecule has 0 heterocycles. The van der Waals surface area contributed by atoms with Gasteiger partial charge in [0.15, 0.2) is 0 Å². The summed E-state index contributed by atoms with van der Waals surface area (Å²) in [5.74, 6) is -0.0543. The lowest BCUT2D eigenvalue weighted by Gasteiger charge is -2.20. The van der Waals surface area contributed by atoms with E-state index in [0.717, 1.165) is 13.0 Å². The highest BCUT2D eigenvalue weighted by Crippen LogP contribution is 2.00. The van der Waals surface area contributed by atoms with Gasteiger partial charge >= 0.3 is 0 Å². The van der Waals surface area contributed by atoms with Gasteiger partial charge < -0.3 is 16.0 Å². The van der Waals surface area contributed by atoms with E-state index in [1.807, 2.05) is 27.7 Å². The molecular formula is C12H25N3O2. The Morgan fingerprint density at radius 2 is 1.76 bits per heavy atom. The van der Waals surface area contributed by atoms with Gasteiger partial charge in [-0.15, -0.1) is 0 Å². The zero-order valence-corrected chi connectivity index (χ0v) is 11.3. The second-order valence-corrected chi connectivity index (χ2v) is 4.35. The molecule has 3 N–H and O–H groups in total. The van der Waals surface area contributed by atoms with Crippen molar-refractivity contribution in [3.05, 3.63) is 0 Å². The van der Waals surface area contributed by atoms with Gasteiger partial charge in [-0.25, -0.2) is 0 Å². The minimum Gasteiger partial charge on any atom is -0.355 e. The fraction of sp³-hybridized carbons (Fsp3) is 0.833. The molecule has 0 aromatic carbocycles. The average Bonchev–Trinajstić information content (AvgIpc) is 2.29. The summed E-state index contributed by atoms with van der Waals surface area (Å²) in [7, 11) is 0. The van der Waals surface area contributed by atoms with Crippen molar-refractivity contribution in [2.45, 2.75) is 40.2 Å². The second-order valence-electron chi connectivity index (χ2n) is 4.35. The number of likely N-dealkylation sites (N-methyl/N-ethyl adjacent to an activating group) is 1. The lowest BCUT2D eigenvalue weighted by atomic mass is 10.0. The lowest BCUT2D eigenvalue weighted by Crippen LogP contribution is -2.49. The molecule has 0 rings (SSSR count). The maximum absolute atomic E-state index is 11.8. The Hall–Kier alpha value is -1.10. The van der Waals surface area contributed by atoms with Gasteiger partial charge in [0.1, 0.15) is 0 Å². The topological polar surface area (TPSA) is 70.2 Å². The summed E-state index contributed by atoms with van der Waals surface area (Å²) in [6.07, 6.45) is 0.895. The summed E-state index contributed by atoms with van der Waals surface area (Å²) in [6, 6.07) is -0.237. The highest BCUT2D eigenvalue weighted by Gasteiger charge is 2.20. The zero-order valence-electron chi connectivity index (χ0n) is 11.3. The zero-order chi connectivity index (χ0) is 13.3. The first kappa shape index (κ1) is 15.9. The second kappa shape index (κ2) is 8.98. The summed E-state index contributed by atoms with van der Waals surface area (Å²) in [5, 5.41) is 8.46. The molecule has 0 bridgehead atoms. The quantitative estimate of drug-likeness (QED) is 0.573. The third-order valence-electron chi connectivity index (χ3n) is 2.37. The molecule has 0 aromatic heterocycles. The van der Waals surface area contributed by atoms with Crippen LogP contribution in [0.1, 0.15) is 34.1 Å². The number of hydrogen-bond donors (Lipinski definition) is 3. The summed E-state index contributed by atoms with van der Waals surface area (Å²) in [6.45, 7) is 9.32. The van der Waals surface area contributed by atoms with Crippen LogP contribution in [0.2, 0.25) is 0 Å². The Morgan fingerprint density at radius 1 is 1.12 bits per heavy atom. The van der Waals surface area contributed by atoms with Gasteiger partial charge in [-0.1, -0.05) is 27.7 Å². The van der Waals surface area contributed by atoms with Crippen LogP contribution in [0.15, 0.2) is 0 Å². The first-order valence-corrected chi connectivity index (χ1v) is 6.30. The third-order valence-corrected chi connectivity index (χ3v) is 2.37. The van der Waals surface area contributed by atoms with Crippen molar-refractivity contribution in [3.63, 3.8) is 0 Å². The first-order chi connectivity index (χ1) is 8.02. The van der Waals surface area contributed by atoms with Crippen LogP contribution in [0, 0.1) is 5.92 Å². The Kier molecular flexibility index (Phi) is 8.40. The van der Waals surface area contributed by atoms with Crippen molar-refractivity contribution in [1.29, 1.82) is 0 Å². The molecule has 0 aliphatic carbocycles. The third kappa shape index (κ3) is 6.94. The van der Waals surface area contributed by atoms with Gasteiger partial charge in [0.05, 0.1) is 12.6 Å². The van der Waals surface area contributed by atoms with Gasteiger partial charge in [-0.3, -0.25) is 9.59 Å². The fourth-order valence-electron chi connectivity index (χ4n) is 1.46. The van der Waals surface area contributed by atoms with Crippen LogP contribution in [0.5, 0.6) is 0 Å². The number of hydrogen-bond acceptors (Lipinski definition) is 3. The van der Waals surface area contributed by atoms with Crippen molar-refractivity contribution in [2.75, 3.05) is 19.6 Å². The molecule has 0 saturated heterocycles. The molecule has 0 fully saturated rings. The molecule has 0 unspecified atom stereocenters.